The average molecular weight is 548 g/mol. The van der Waals surface area contributed by atoms with Crippen LogP contribution in [0.1, 0.15) is 28.6 Å². The molecule has 0 bridgehead atoms. The topological polar surface area (TPSA) is 128 Å². The summed E-state index contributed by atoms with van der Waals surface area (Å²) in [4.78, 5) is 40.9. The van der Waals surface area contributed by atoms with Crippen molar-refractivity contribution < 1.29 is 9.18 Å². The van der Waals surface area contributed by atoms with Crippen molar-refractivity contribution in [1.82, 2.24) is 24.8 Å². The Labute approximate surface area is 224 Å². The number of hydrogen-bond donors (Lipinski definition) is 3. The molecule has 4 N–H and O–H groups in total. The summed E-state index contributed by atoms with van der Waals surface area (Å²) in [5.41, 5.74) is 9.49. The van der Waals surface area contributed by atoms with Crippen molar-refractivity contribution in [1.29, 1.82) is 0 Å². The van der Waals surface area contributed by atoms with Gasteiger partial charge in [-0.3, -0.25) is 14.2 Å². The van der Waals surface area contributed by atoms with Crippen molar-refractivity contribution in [2.45, 2.75) is 32.0 Å². The smallest absolute Gasteiger partial charge is 0.277 e. The minimum atomic E-state index is -0.344. The number of thiazole rings is 1. The first-order chi connectivity index (χ1) is 18.4. The molecule has 5 aromatic rings. The molecule has 9 nitrogen and oxygen atoms in total. The lowest BCUT2D eigenvalue weighted by Crippen LogP contribution is -2.36. The van der Waals surface area contributed by atoms with Crippen LogP contribution in [-0.4, -0.2) is 25.4 Å². The predicted octanol–water partition coefficient (Wildman–Crippen LogP) is 4.11. The van der Waals surface area contributed by atoms with Crippen LogP contribution in [0.15, 0.2) is 58.3 Å². The van der Waals surface area contributed by atoms with Crippen molar-refractivity contribution in [2.75, 3.05) is 11.1 Å². The molecule has 0 spiro atoms. The Morgan fingerprint density at radius 2 is 2.08 bits per heavy atom. The second kappa shape index (κ2) is 9.95. The molecule has 0 saturated heterocycles. The van der Waals surface area contributed by atoms with Crippen molar-refractivity contribution >= 4 is 50.2 Å². The maximum atomic E-state index is 13.7. The quantitative estimate of drug-likeness (QED) is 0.292. The molecule has 6 rings (SSSR count). The predicted molar refractivity (Wildman–Crippen MR) is 147 cm³/mol. The summed E-state index contributed by atoms with van der Waals surface area (Å²) in [5, 5.41) is 8.94. The van der Waals surface area contributed by atoms with E-state index in [9.17, 15) is 14.0 Å². The Morgan fingerprint density at radius 1 is 1.24 bits per heavy atom. The average Bonchev–Trinajstić information content (AvgIpc) is 3.59. The number of hydrogen-bond acceptors (Lipinski definition) is 9. The number of carbonyl (C=O) groups excluding carboxylic acids is 1. The highest BCUT2D eigenvalue weighted by atomic mass is 32.1. The number of carbonyl (C=O) groups is 1. The molecule has 0 radical (unpaired) electrons. The number of aryl methyl sites for hydroxylation is 1. The van der Waals surface area contributed by atoms with Gasteiger partial charge in [-0.05, 0) is 42.7 Å². The SMILES string of the molecule is Nc1cc2sc(CNC(=O)Cn3c(-c4cscn4)nc4c(c3=O)N[C@H](c3ccc(F)cc3)CC4)cc2cn1. The maximum Gasteiger partial charge on any atom is 0.277 e. The number of nitrogens with two attached hydrogens (primary N) is 1. The zero-order valence-electron chi connectivity index (χ0n) is 20.0. The molecule has 1 aliphatic rings. The van der Waals surface area contributed by atoms with Crippen molar-refractivity contribution in [3.63, 3.8) is 0 Å². The number of anilines is 2. The van der Waals surface area contributed by atoms with Gasteiger partial charge in [0.25, 0.3) is 5.56 Å². The van der Waals surface area contributed by atoms with Crippen molar-refractivity contribution in [3.05, 3.63) is 85.8 Å². The monoisotopic (exact) mass is 547 g/mol. The van der Waals surface area contributed by atoms with Gasteiger partial charge in [0.2, 0.25) is 5.91 Å². The fraction of sp³-hybridized carbons (Fsp3) is 0.192. The highest BCUT2D eigenvalue weighted by Gasteiger charge is 2.27. The first-order valence-electron chi connectivity index (χ1n) is 11.9. The van der Waals surface area contributed by atoms with Crippen LogP contribution in [-0.2, 0) is 24.3 Å². The molecule has 192 valence electrons. The Kier molecular flexibility index (Phi) is 6.34. The summed E-state index contributed by atoms with van der Waals surface area (Å²) in [7, 11) is 0. The Balaban J connectivity index is 1.27. The molecule has 1 amide bonds. The minimum absolute atomic E-state index is 0.165. The Hall–Kier alpha value is -4.16. The number of fused-ring (bicyclic) bond motifs is 2. The van der Waals surface area contributed by atoms with Gasteiger partial charge in [-0.2, -0.15) is 0 Å². The molecule has 0 unspecified atom stereocenters. The number of aromatic nitrogens is 4. The summed E-state index contributed by atoms with van der Waals surface area (Å²) in [5.74, 6) is 0.158. The number of benzene rings is 1. The van der Waals surface area contributed by atoms with Crippen LogP contribution in [0, 0.1) is 5.82 Å². The standard InChI is InChI=1S/C26H22FN7O2S2/c27-16-3-1-14(2-4-16)18-5-6-19-24(32-18)26(36)34(25(33-19)20-12-37-13-31-20)11-23(35)30-10-17-7-15-9-29-22(28)8-21(15)38-17/h1-4,7-9,12-13,18,32H,5-6,10-11H2,(H2,28,29)(H,30,35)/t18-/m0/s1. The number of nitrogens with zero attached hydrogens (tertiary/aromatic N) is 4. The number of amides is 1. The number of thiophene rings is 1. The van der Waals surface area contributed by atoms with Gasteiger partial charge in [-0.25, -0.2) is 19.3 Å². The van der Waals surface area contributed by atoms with Crippen LogP contribution >= 0.6 is 22.7 Å². The molecule has 1 aromatic carbocycles. The first-order valence-corrected chi connectivity index (χ1v) is 13.7. The Morgan fingerprint density at radius 3 is 2.87 bits per heavy atom. The van der Waals surface area contributed by atoms with E-state index in [2.05, 4.69) is 20.6 Å². The number of nitrogens with one attached hydrogen (secondary N) is 2. The zero-order valence-corrected chi connectivity index (χ0v) is 21.6. The van der Waals surface area contributed by atoms with Gasteiger partial charge >= 0.3 is 0 Å². The molecule has 12 heteroatoms. The normalized spacial score (nSPS) is 14.7. The molecule has 4 aromatic heterocycles. The lowest BCUT2D eigenvalue weighted by atomic mass is 9.96. The molecule has 5 heterocycles. The van der Waals surface area contributed by atoms with E-state index >= 15 is 0 Å². The largest absolute Gasteiger partial charge is 0.384 e. The minimum Gasteiger partial charge on any atom is -0.384 e. The van der Waals surface area contributed by atoms with Gasteiger partial charge in [-0.1, -0.05) is 12.1 Å². The fourth-order valence-corrected chi connectivity index (χ4v) is 6.09. The zero-order chi connectivity index (χ0) is 26.2. The second-order valence-electron chi connectivity index (χ2n) is 8.95. The van der Waals surface area contributed by atoms with Crippen LogP contribution < -0.4 is 21.9 Å². The van der Waals surface area contributed by atoms with E-state index in [1.54, 1.807) is 35.3 Å². The lowest BCUT2D eigenvalue weighted by molar-refractivity contribution is -0.121. The van der Waals surface area contributed by atoms with Crippen LogP contribution in [0.4, 0.5) is 15.9 Å². The Bertz CT molecular complexity index is 1700. The second-order valence-corrected chi connectivity index (χ2v) is 10.8. The molecule has 38 heavy (non-hydrogen) atoms. The highest BCUT2D eigenvalue weighted by molar-refractivity contribution is 7.19. The van der Waals surface area contributed by atoms with Gasteiger partial charge in [0.05, 0.1) is 23.8 Å². The van der Waals surface area contributed by atoms with E-state index in [0.717, 1.165) is 20.5 Å². The van der Waals surface area contributed by atoms with Crippen molar-refractivity contribution in [2.24, 2.45) is 0 Å². The fourth-order valence-electron chi connectivity index (χ4n) is 4.54. The van der Waals surface area contributed by atoms with E-state index < -0.39 is 0 Å². The van der Waals surface area contributed by atoms with Gasteiger partial charge in [-0.15, -0.1) is 22.7 Å². The first kappa shape index (κ1) is 24.2. The summed E-state index contributed by atoms with van der Waals surface area (Å²) < 4.78 is 15.8. The van der Waals surface area contributed by atoms with Gasteiger partial charge in [0, 0.05) is 26.5 Å². The van der Waals surface area contributed by atoms with Crippen LogP contribution in [0.5, 0.6) is 0 Å². The van der Waals surface area contributed by atoms with Gasteiger partial charge in [0.15, 0.2) is 5.82 Å². The van der Waals surface area contributed by atoms with E-state index in [1.807, 2.05) is 6.07 Å². The van der Waals surface area contributed by atoms with Crippen LogP contribution in [0.2, 0.25) is 0 Å². The summed E-state index contributed by atoms with van der Waals surface area (Å²) in [6.07, 6.45) is 2.97. The molecular weight excluding hydrogens is 525 g/mol. The van der Waals surface area contributed by atoms with Crippen LogP contribution in [0.25, 0.3) is 21.6 Å². The number of halogens is 1. The third-order valence-electron chi connectivity index (χ3n) is 6.40. The highest BCUT2D eigenvalue weighted by Crippen LogP contribution is 2.31. The maximum absolute atomic E-state index is 13.7. The van der Waals surface area contributed by atoms with Crippen LogP contribution in [0.3, 0.4) is 0 Å². The number of rotatable bonds is 6. The lowest BCUT2D eigenvalue weighted by Gasteiger charge is -2.27. The van der Waals surface area contributed by atoms with Gasteiger partial charge < -0.3 is 16.4 Å². The molecule has 0 aliphatic carbocycles. The summed E-state index contributed by atoms with van der Waals surface area (Å²) in [6, 6.07) is 9.82. The van der Waals surface area contributed by atoms with E-state index in [1.165, 1.54) is 39.4 Å². The van der Waals surface area contributed by atoms with E-state index in [0.29, 0.717) is 48.1 Å². The van der Waals surface area contributed by atoms with Crippen molar-refractivity contribution in [3.8, 4) is 11.5 Å². The third kappa shape index (κ3) is 4.75. The summed E-state index contributed by atoms with van der Waals surface area (Å²) >= 11 is 2.91. The molecule has 0 fully saturated rings. The van der Waals surface area contributed by atoms with E-state index in [-0.39, 0.29) is 29.9 Å². The van der Waals surface area contributed by atoms with E-state index in [4.69, 9.17) is 10.7 Å². The van der Waals surface area contributed by atoms with Gasteiger partial charge in [0.1, 0.15) is 29.6 Å². The molecule has 1 atom stereocenters. The molecule has 1 aliphatic heterocycles. The summed E-state index contributed by atoms with van der Waals surface area (Å²) in [6.45, 7) is 0.0936. The number of nitrogen functional groups attached to an aromatic ring is 1. The third-order valence-corrected chi connectivity index (χ3v) is 8.09. The number of pyridine rings is 1. The molecular formula is C26H22FN7O2S2. The molecule has 0 saturated carbocycles.